The number of ether oxygens (including phenoxy) is 2. The van der Waals surface area contributed by atoms with Gasteiger partial charge in [-0.25, -0.2) is 0 Å². The molecule has 1 unspecified atom stereocenters. The molecule has 156 valence electrons. The van der Waals surface area contributed by atoms with Crippen LogP contribution in [-0.2, 0) is 9.59 Å². The first kappa shape index (κ1) is 22.7. The molecule has 0 fully saturated rings. The molecule has 1 atom stereocenters. The lowest BCUT2D eigenvalue weighted by molar-refractivity contribution is -0.134. The van der Waals surface area contributed by atoms with Crippen LogP contribution < -0.4 is 20.3 Å². The Labute approximate surface area is 180 Å². The van der Waals surface area contributed by atoms with Crippen molar-refractivity contribution in [2.24, 2.45) is 0 Å². The van der Waals surface area contributed by atoms with Crippen molar-refractivity contribution < 1.29 is 19.1 Å². The van der Waals surface area contributed by atoms with E-state index in [0.717, 1.165) is 10.0 Å². The van der Waals surface area contributed by atoms with Crippen LogP contribution in [0.25, 0.3) is 0 Å². The fourth-order valence-corrected chi connectivity index (χ4v) is 3.00. The van der Waals surface area contributed by atoms with E-state index >= 15 is 0 Å². The third-order valence-electron chi connectivity index (χ3n) is 4.27. The third-order valence-corrected chi connectivity index (χ3v) is 4.89. The molecule has 2 aromatic carbocycles. The fourth-order valence-electron chi connectivity index (χ4n) is 2.49. The van der Waals surface area contributed by atoms with Crippen LogP contribution in [0.1, 0.15) is 44.2 Å². The van der Waals surface area contributed by atoms with Gasteiger partial charge in [0.1, 0.15) is 11.5 Å². The Morgan fingerprint density at radius 2 is 1.76 bits per heavy atom. The number of nitrogens with one attached hydrogen (secondary N) is 2. The van der Waals surface area contributed by atoms with E-state index in [1.165, 1.54) is 5.56 Å². The number of carbonyl (C=O) groups excluding carboxylic acids is 2. The lowest BCUT2D eigenvalue weighted by atomic mass is 10.0. The second-order valence-electron chi connectivity index (χ2n) is 7.00. The molecule has 0 spiro atoms. The first-order chi connectivity index (χ1) is 13.8. The van der Waals surface area contributed by atoms with E-state index in [9.17, 15) is 9.59 Å². The van der Waals surface area contributed by atoms with Crippen molar-refractivity contribution in [2.45, 2.75) is 46.1 Å². The number of carbonyl (C=O) groups is 2. The second-order valence-corrected chi connectivity index (χ2v) is 7.85. The number of benzene rings is 2. The van der Waals surface area contributed by atoms with Gasteiger partial charge in [0.25, 0.3) is 11.8 Å². The second kappa shape index (κ2) is 10.9. The van der Waals surface area contributed by atoms with Gasteiger partial charge in [0.15, 0.2) is 12.7 Å². The van der Waals surface area contributed by atoms with Crippen molar-refractivity contribution in [1.82, 2.24) is 10.9 Å². The van der Waals surface area contributed by atoms with Crippen molar-refractivity contribution in [3.63, 3.8) is 0 Å². The zero-order chi connectivity index (χ0) is 21.4. The Hall–Kier alpha value is -2.54. The summed E-state index contributed by atoms with van der Waals surface area (Å²) in [6.07, 6.45) is -0.252. The Morgan fingerprint density at radius 3 is 2.34 bits per heavy atom. The summed E-state index contributed by atoms with van der Waals surface area (Å²) in [4.78, 5) is 24.3. The van der Waals surface area contributed by atoms with E-state index in [1.54, 1.807) is 12.1 Å². The first-order valence-electron chi connectivity index (χ1n) is 9.54. The van der Waals surface area contributed by atoms with Crippen LogP contribution in [-0.4, -0.2) is 24.5 Å². The molecule has 0 radical (unpaired) electrons. The minimum absolute atomic E-state index is 0.227. The quantitative estimate of drug-likeness (QED) is 0.574. The highest BCUT2D eigenvalue weighted by molar-refractivity contribution is 9.10. The largest absolute Gasteiger partial charge is 0.483 e. The maximum absolute atomic E-state index is 12.3. The highest BCUT2D eigenvalue weighted by Gasteiger charge is 2.19. The van der Waals surface area contributed by atoms with Gasteiger partial charge in [-0.3, -0.25) is 20.4 Å². The molecule has 0 aliphatic rings. The van der Waals surface area contributed by atoms with Gasteiger partial charge in [0.05, 0.1) is 4.47 Å². The van der Waals surface area contributed by atoms with E-state index < -0.39 is 17.9 Å². The number of halogens is 1. The lowest BCUT2D eigenvalue weighted by Crippen LogP contribution is -2.49. The number of aryl methyl sites for hydroxylation is 1. The van der Waals surface area contributed by atoms with Crippen molar-refractivity contribution in [2.75, 3.05) is 6.61 Å². The van der Waals surface area contributed by atoms with Crippen LogP contribution in [0.5, 0.6) is 11.5 Å². The molecule has 0 saturated heterocycles. The summed E-state index contributed by atoms with van der Waals surface area (Å²) in [5.74, 6) is 0.659. The molecular formula is C22H27BrN2O4. The Kier molecular flexibility index (Phi) is 8.51. The fraction of sp³-hybridized carbons (Fsp3) is 0.364. The van der Waals surface area contributed by atoms with Crippen LogP contribution in [0.4, 0.5) is 0 Å². The van der Waals surface area contributed by atoms with Crippen LogP contribution in [0.2, 0.25) is 0 Å². The summed E-state index contributed by atoms with van der Waals surface area (Å²) in [5, 5.41) is 0. The van der Waals surface area contributed by atoms with Gasteiger partial charge < -0.3 is 9.47 Å². The standard InChI is InChI=1S/C22H27BrN2O4/c1-5-19(29-17-9-6-15(4)7-10-17)22(27)25-24-21(26)13-28-20-11-8-16(14(2)3)12-18(20)23/h6-12,14,19H,5,13H2,1-4H3,(H,24,26)(H,25,27). The maximum Gasteiger partial charge on any atom is 0.279 e. The number of hydrogen-bond acceptors (Lipinski definition) is 4. The molecule has 2 aromatic rings. The smallest absolute Gasteiger partial charge is 0.279 e. The SMILES string of the molecule is CCC(Oc1ccc(C)cc1)C(=O)NNC(=O)COc1ccc(C(C)C)cc1Br. The predicted molar refractivity (Wildman–Crippen MR) is 116 cm³/mol. The summed E-state index contributed by atoms with van der Waals surface area (Å²) >= 11 is 3.45. The van der Waals surface area contributed by atoms with Crippen LogP contribution >= 0.6 is 15.9 Å². The first-order valence-corrected chi connectivity index (χ1v) is 10.3. The summed E-state index contributed by atoms with van der Waals surface area (Å²) in [6.45, 7) is 7.79. The zero-order valence-corrected chi connectivity index (χ0v) is 18.7. The minimum atomic E-state index is -0.711. The molecule has 2 amide bonds. The van der Waals surface area contributed by atoms with Crippen molar-refractivity contribution >= 4 is 27.7 Å². The lowest BCUT2D eigenvalue weighted by Gasteiger charge is -2.18. The minimum Gasteiger partial charge on any atom is -0.483 e. The van der Waals surface area contributed by atoms with Gasteiger partial charge in [-0.05, 0) is 65.0 Å². The molecule has 29 heavy (non-hydrogen) atoms. The van der Waals surface area contributed by atoms with Crippen molar-refractivity contribution in [3.05, 3.63) is 58.1 Å². The molecule has 0 aliphatic carbocycles. The average molecular weight is 463 g/mol. The molecule has 2 N–H and O–H groups in total. The third kappa shape index (κ3) is 7.09. The maximum atomic E-state index is 12.3. The molecule has 0 aromatic heterocycles. The van der Waals surface area contributed by atoms with Crippen molar-refractivity contribution in [1.29, 1.82) is 0 Å². The van der Waals surface area contributed by atoms with Crippen LogP contribution in [0.15, 0.2) is 46.9 Å². The molecule has 6 nitrogen and oxygen atoms in total. The summed E-state index contributed by atoms with van der Waals surface area (Å²) < 4.78 is 12.0. The van der Waals surface area contributed by atoms with Gasteiger partial charge in [0, 0.05) is 0 Å². The van der Waals surface area contributed by atoms with E-state index in [2.05, 4.69) is 40.6 Å². The predicted octanol–water partition coefficient (Wildman–Crippen LogP) is 4.26. The number of hydrogen-bond donors (Lipinski definition) is 2. The van der Waals surface area contributed by atoms with E-state index in [-0.39, 0.29) is 6.61 Å². The van der Waals surface area contributed by atoms with Crippen molar-refractivity contribution in [3.8, 4) is 11.5 Å². The summed E-state index contributed by atoms with van der Waals surface area (Å²) in [5.41, 5.74) is 7.01. The highest BCUT2D eigenvalue weighted by Crippen LogP contribution is 2.28. The van der Waals surface area contributed by atoms with Crippen LogP contribution in [0, 0.1) is 6.92 Å². The molecule has 0 saturated carbocycles. The van der Waals surface area contributed by atoms with Gasteiger partial charge in [0.2, 0.25) is 0 Å². The van der Waals surface area contributed by atoms with E-state index in [1.807, 2.05) is 44.2 Å². The van der Waals surface area contributed by atoms with Gasteiger partial charge in [-0.1, -0.05) is 44.5 Å². The Morgan fingerprint density at radius 1 is 1.07 bits per heavy atom. The van der Waals surface area contributed by atoms with Gasteiger partial charge in [-0.2, -0.15) is 0 Å². The summed E-state index contributed by atoms with van der Waals surface area (Å²) in [6, 6.07) is 13.2. The molecular weight excluding hydrogens is 436 g/mol. The molecule has 7 heteroatoms. The number of amides is 2. The average Bonchev–Trinajstić information content (AvgIpc) is 2.70. The van der Waals surface area contributed by atoms with Gasteiger partial charge >= 0.3 is 0 Å². The van der Waals surface area contributed by atoms with Gasteiger partial charge in [-0.15, -0.1) is 0 Å². The van der Waals surface area contributed by atoms with E-state index in [0.29, 0.717) is 23.8 Å². The molecule has 2 rings (SSSR count). The molecule has 0 heterocycles. The topological polar surface area (TPSA) is 76.7 Å². The summed E-state index contributed by atoms with van der Waals surface area (Å²) in [7, 11) is 0. The number of hydrazine groups is 1. The zero-order valence-electron chi connectivity index (χ0n) is 17.1. The highest BCUT2D eigenvalue weighted by atomic mass is 79.9. The number of rotatable bonds is 8. The van der Waals surface area contributed by atoms with E-state index in [4.69, 9.17) is 9.47 Å². The Balaban J connectivity index is 1.81. The molecule has 0 bridgehead atoms. The monoisotopic (exact) mass is 462 g/mol. The Bertz CT molecular complexity index is 837. The van der Waals surface area contributed by atoms with Crippen LogP contribution in [0.3, 0.4) is 0 Å². The normalized spacial score (nSPS) is 11.7. The molecule has 0 aliphatic heterocycles.